The van der Waals surface area contributed by atoms with Gasteiger partial charge in [0.25, 0.3) is 0 Å². The highest BCUT2D eigenvalue weighted by Gasteiger charge is 2.27. The summed E-state index contributed by atoms with van der Waals surface area (Å²) in [4.78, 5) is 12.0. The Morgan fingerprint density at radius 2 is 1.90 bits per heavy atom. The number of benzene rings is 1. The van der Waals surface area contributed by atoms with Crippen LogP contribution in [0.25, 0.3) is 0 Å². The lowest BCUT2D eigenvalue weighted by Gasteiger charge is -2.27. The minimum Gasteiger partial charge on any atom is -0.354 e. The molecule has 2 heterocycles. The first-order valence-electron chi connectivity index (χ1n) is 9.83. The number of pyridine rings is 1. The summed E-state index contributed by atoms with van der Waals surface area (Å²) in [5.41, 5.74) is 0.0168. The van der Waals surface area contributed by atoms with E-state index in [-0.39, 0.29) is 24.0 Å². The Morgan fingerprint density at radius 1 is 1.20 bits per heavy atom. The topological polar surface area (TPSA) is 55.8 Å². The van der Waals surface area contributed by atoms with Crippen molar-refractivity contribution in [2.45, 2.75) is 18.5 Å². The summed E-state index contributed by atoms with van der Waals surface area (Å²) < 4.78 is 42.5. The maximum absolute atomic E-state index is 14.2. The minimum atomic E-state index is -0.581. The number of aliphatic imine (C=N–C) groups is 1. The van der Waals surface area contributed by atoms with Crippen LogP contribution in [0.2, 0.25) is 0 Å². The summed E-state index contributed by atoms with van der Waals surface area (Å²) in [7, 11) is 5.17. The zero-order valence-electron chi connectivity index (χ0n) is 17.4. The van der Waals surface area contributed by atoms with Crippen molar-refractivity contribution in [1.82, 2.24) is 20.5 Å². The van der Waals surface area contributed by atoms with Crippen LogP contribution in [-0.4, -0.2) is 62.7 Å². The van der Waals surface area contributed by atoms with Crippen LogP contribution in [0.1, 0.15) is 18.0 Å². The number of nitrogens with one attached hydrogen (secondary N) is 2. The molecule has 2 N–H and O–H groups in total. The van der Waals surface area contributed by atoms with E-state index in [0.29, 0.717) is 24.9 Å². The zero-order valence-corrected chi connectivity index (χ0v) is 17.4. The molecule has 6 nitrogen and oxygen atoms in total. The Labute approximate surface area is 174 Å². The Kier molecular flexibility index (Phi) is 7.15. The number of halogens is 3. The summed E-state index contributed by atoms with van der Waals surface area (Å²) >= 11 is 0. The van der Waals surface area contributed by atoms with Crippen LogP contribution in [0.15, 0.2) is 41.5 Å². The molecule has 1 aromatic heterocycles. The first kappa shape index (κ1) is 21.9. The summed E-state index contributed by atoms with van der Waals surface area (Å²) in [6, 6.07) is 6.35. The van der Waals surface area contributed by atoms with Crippen molar-refractivity contribution >= 4 is 11.8 Å². The standard InChI is InChI=1S/C21H27F3N6/c1-25-21(27-12-18(29(2)3)19-15(22)6-4-7-16(19)23)28-14-9-11-30(13-14)20-17(24)8-5-10-26-20/h4-8,10,14,18H,9,11-13H2,1-3H3,(H2,25,27,28). The van der Waals surface area contributed by atoms with Gasteiger partial charge in [0, 0.05) is 44.5 Å². The minimum absolute atomic E-state index is 0.0168. The van der Waals surface area contributed by atoms with Gasteiger partial charge in [-0.15, -0.1) is 0 Å². The molecule has 2 atom stereocenters. The molecule has 1 fully saturated rings. The van der Waals surface area contributed by atoms with Crippen LogP contribution in [0.5, 0.6) is 0 Å². The second-order valence-electron chi connectivity index (χ2n) is 7.45. The number of aromatic nitrogens is 1. The van der Waals surface area contributed by atoms with Gasteiger partial charge in [0.1, 0.15) is 11.6 Å². The Hall–Kier alpha value is -2.81. The Bertz CT molecular complexity index is 869. The lowest BCUT2D eigenvalue weighted by atomic mass is 10.0. The second kappa shape index (κ2) is 9.80. The van der Waals surface area contributed by atoms with Gasteiger partial charge in [0.15, 0.2) is 17.6 Å². The lowest BCUT2D eigenvalue weighted by Crippen LogP contribution is -2.47. The van der Waals surface area contributed by atoms with Crippen LogP contribution in [0, 0.1) is 17.5 Å². The fraction of sp³-hybridized carbons (Fsp3) is 0.429. The molecular formula is C21H27F3N6. The Morgan fingerprint density at radius 3 is 2.53 bits per heavy atom. The van der Waals surface area contributed by atoms with Gasteiger partial charge in [-0.2, -0.15) is 0 Å². The maximum Gasteiger partial charge on any atom is 0.191 e. The van der Waals surface area contributed by atoms with E-state index >= 15 is 0 Å². The fourth-order valence-electron chi connectivity index (χ4n) is 3.63. The van der Waals surface area contributed by atoms with Crippen molar-refractivity contribution in [3.63, 3.8) is 0 Å². The number of hydrogen-bond donors (Lipinski definition) is 2. The van der Waals surface area contributed by atoms with Gasteiger partial charge in [-0.1, -0.05) is 6.07 Å². The number of likely N-dealkylation sites (N-methyl/N-ethyl adjacent to an activating group) is 1. The van der Waals surface area contributed by atoms with Crippen molar-refractivity contribution < 1.29 is 13.2 Å². The predicted octanol–water partition coefficient (Wildman–Crippen LogP) is 2.55. The Balaban J connectivity index is 1.61. The van der Waals surface area contributed by atoms with E-state index in [1.54, 1.807) is 38.3 Å². The highest BCUT2D eigenvalue weighted by molar-refractivity contribution is 5.80. The van der Waals surface area contributed by atoms with Crippen LogP contribution < -0.4 is 15.5 Å². The van der Waals surface area contributed by atoms with E-state index in [9.17, 15) is 13.2 Å². The molecular weight excluding hydrogens is 393 g/mol. The quantitative estimate of drug-likeness (QED) is 0.556. The number of hydrogen-bond acceptors (Lipinski definition) is 4. The molecule has 30 heavy (non-hydrogen) atoms. The van der Waals surface area contributed by atoms with Crippen LogP contribution in [0.3, 0.4) is 0 Å². The number of anilines is 1. The van der Waals surface area contributed by atoms with Crippen LogP contribution in [0.4, 0.5) is 19.0 Å². The second-order valence-corrected chi connectivity index (χ2v) is 7.45. The first-order chi connectivity index (χ1) is 14.4. The summed E-state index contributed by atoms with van der Waals surface area (Å²) in [5, 5.41) is 6.45. The molecule has 1 aliphatic heterocycles. The fourth-order valence-corrected chi connectivity index (χ4v) is 3.63. The van der Waals surface area contributed by atoms with Gasteiger partial charge >= 0.3 is 0 Å². The monoisotopic (exact) mass is 420 g/mol. The van der Waals surface area contributed by atoms with Crippen molar-refractivity contribution in [2.24, 2.45) is 4.99 Å². The van der Waals surface area contributed by atoms with Gasteiger partial charge in [0.05, 0.1) is 6.04 Å². The number of rotatable bonds is 6. The summed E-state index contributed by atoms with van der Waals surface area (Å²) in [6.45, 7) is 1.51. The average molecular weight is 420 g/mol. The van der Waals surface area contributed by atoms with E-state index in [4.69, 9.17) is 0 Å². The van der Waals surface area contributed by atoms with Gasteiger partial charge in [0.2, 0.25) is 0 Å². The van der Waals surface area contributed by atoms with Gasteiger partial charge in [-0.25, -0.2) is 18.2 Å². The van der Waals surface area contributed by atoms with Crippen molar-refractivity contribution in [3.8, 4) is 0 Å². The largest absolute Gasteiger partial charge is 0.354 e. The van der Waals surface area contributed by atoms with Gasteiger partial charge in [-0.05, 0) is 44.8 Å². The van der Waals surface area contributed by atoms with E-state index < -0.39 is 17.7 Å². The van der Waals surface area contributed by atoms with Crippen molar-refractivity contribution in [3.05, 3.63) is 59.5 Å². The maximum atomic E-state index is 14.2. The third kappa shape index (κ3) is 5.02. The van der Waals surface area contributed by atoms with E-state index in [2.05, 4.69) is 20.6 Å². The molecule has 0 spiro atoms. The molecule has 1 aromatic carbocycles. The molecule has 0 radical (unpaired) electrons. The third-order valence-electron chi connectivity index (χ3n) is 5.21. The molecule has 2 unspecified atom stereocenters. The van der Waals surface area contributed by atoms with E-state index in [1.165, 1.54) is 24.3 Å². The zero-order chi connectivity index (χ0) is 21.7. The molecule has 1 aliphatic rings. The van der Waals surface area contributed by atoms with Gasteiger partial charge < -0.3 is 20.4 Å². The number of guanidine groups is 1. The highest BCUT2D eigenvalue weighted by atomic mass is 19.1. The molecule has 0 amide bonds. The molecule has 0 bridgehead atoms. The normalized spacial score (nSPS) is 18.0. The van der Waals surface area contributed by atoms with E-state index in [1.807, 2.05) is 4.90 Å². The predicted molar refractivity (Wildman–Crippen MR) is 112 cm³/mol. The smallest absolute Gasteiger partial charge is 0.191 e. The van der Waals surface area contributed by atoms with Gasteiger partial charge in [-0.3, -0.25) is 4.99 Å². The third-order valence-corrected chi connectivity index (χ3v) is 5.21. The van der Waals surface area contributed by atoms with Crippen LogP contribution >= 0.6 is 0 Å². The molecule has 3 rings (SSSR count). The summed E-state index contributed by atoms with van der Waals surface area (Å²) in [6.07, 6.45) is 2.36. The number of nitrogens with zero attached hydrogens (tertiary/aromatic N) is 4. The molecule has 2 aromatic rings. The first-order valence-corrected chi connectivity index (χ1v) is 9.83. The lowest BCUT2D eigenvalue weighted by molar-refractivity contribution is 0.282. The average Bonchev–Trinajstić information content (AvgIpc) is 3.17. The highest BCUT2D eigenvalue weighted by Crippen LogP contribution is 2.24. The summed E-state index contributed by atoms with van der Waals surface area (Å²) in [5.74, 6) is -0.648. The van der Waals surface area contributed by atoms with E-state index in [0.717, 1.165) is 6.42 Å². The van der Waals surface area contributed by atoms with Crippen molar-refractivity contribution in [2.75, 3.05) is 45.7 Å². The molecule has 9 heteroatoms. The molecule has 0 saturated carbocycles. The van der Waals surface area contributed by atoms with Crippen molar-refractivity contribution in [1.29, 1.82) is 0 Å². The SMILES string of the molecule is CN=C(NCC(c1c(F)cccc1F)N(C)C)NC1CCN(c2ncccc2F)C1. The molecule has 0 aliphatic carbocycles. The molecule has 1 saturated heterocycles. The van der Waals surface area contributed by atoms with Crippen LogP contribution in [-0.2, 0) is 0 Å². The molecule has 162 valence electrons.